The van der Waals surface area contributed by atoms with Gasteiger partial charge in [0, 0.05) is 5.56 Å². The van der Waals surface area contributed by atoms with Crippen molar-refractivity contribution in [2.45, 2.75) is 5.44 Å². The summed E-state index contributed by atoms with van der Waals surface area (Å²) in [4.78, 5) is 11.1. The number of ether oxygens (including phenoxy) is 1. The molecule has 0 saturated carbocycles. The second-order valence-corrected chi connectivity index (χ2v) is 4.30. The van der Waals surface area contributed by atoms with Gasteiger partial charge in [-0.1, -0.05) is 18.2 Å². The topological polar surface area (TPSA) is 80.7 Å². The average molecular weight is 238 g/mol. The molecule has 1 heterocycles. The van der Waals surface area contributed by atoms with Gasteiger partial charge in [-0.05, 0) is 6.07 Å². The first-order chi connectivity index (χ1) is 6.50. The van der Waals surface area contributed by atoms with E-state index < -0.39 is 21.5 Å². The minimum absolute atomic E-state index is 0. The van der Waals surface area contributed by atoms with Crippen molar-refractivity contribution in [2.24, 2.45) is 0 Å². The van der Waals surface area contributed by atoms with Gasteiger partial charge in [0.05, 0.1) is 5.56 Å². The third-order valence-electron chi connectivity index (χ3n) is 1.92. The summed E-state index contributed by atoms with van der Waals surface area (Å²) in [5.74, 6) is -0.733. The van der Waals surface area contributed by atoms with E-state index in [4.69, 9.17) is 4.55 Å². The van der Waals surface area contributed by atoms with Gasteiger partial charge >= 0.3 is 45.6 Å². The molecule has 1 N–H and O–H groups in total. The van der Waals surface area contributed by atoms with Crippen LogP contribution in [0.1, 0.15) is 22.8 Å². The van der Waals surface area contributed by atoms with E-state index >= 15 is 0 Å². The molecular formula is C8H7NaO5S. The zero-order valence-electron chi connectivity index (χ0n) is 8.88. The van der Waals surface area contributed by atoms with Gasteiger partial charge in [0.25, 0.3) is 5.44 Å². The van der Waals surface area contributed by atoms with E-state index in [2.05, 4.69) is 4.74 Å². The van der Waals surface area contributed by atoms with Crippen LogP contribution in [0.5, 0.6) is 0 Å². The molecule has 7 heteroatoms. The summed E-state index contributed by atoms with van der Waals surface area (Å²) >= 11 is 0. The Morgan fingerprint density at radius 2 is 1.93 bits per heavy atom. The molecule has 0 aromatic heterocycles. The largest absolute Gasteiger partial charge is 1.00 e. The van der Waals surface area contributed by atoms with Crippen molar-refractivity contribution in [1.82, 2.24) is 0 Å². The molecule has 5 nitrogen and oxygen atoms in total. The van der Waals surface area contributed by atoms with E-state index in [9.17, 15) is 13.2 Å². The van der Waals surface area contributed by atoms with Crippen molar-refractivity contribution in [3.63, 3.8) is 0 Å². The van der Waals surface area contributed by atoms with Gasteiger partial charge in [0.2, 0.25) is 0 Å². The number of hydrogen-bond donors (Lipinski definition) is 1. The smallest absolute Gasteiger partial charge is 1.00 e. The SMILES string of the molecule is O=C1OC(S(=O)(=O)O)c2ccccc21.[H-].[Na+]. The molecule has 1 atom stereocenters. The van der Waals surface area contributed by atoms with Gasteiger partial charge in [-0.15, -0.1) is 0 Å². The zero-order chi connectivity index (χ0) is 10.3. The molecule has 0 amide bonds. The minimum atomic E-state index is -4.39. The second kappa shape index (κ2) is 4.23. The Hall–Kier alpha value is -0.400. The molecule has 0 fully saturated rings. The second-order valence-electron chi connectivity index (χ2n) is 2.84. The fourth-order valence-corrected chi connectivity index (χ4v) is 2.07. The summed E-state index contributed by atoms with van der Waals surface area (Å²) in [5.41, 5.74) is -1.22. The molecule has 0 saturated heterocycles. The number of fused-ring (bicyclic) bond motifs is 1. The van der Waals surface area contributed by atoms with Gasteiger partial charge in [-0.25, -0.2) is 4.79 Å². The van der Waals surface area contributed by atoms with Crippen LogP contribution in [0.3, 0.4) is 0 Å². The molecule has 0 bridgehead atoms. The molecule has 2 rings (SSSR count). The van der Waals surface area contributed by atoms with Crippen molar-refractivity contribution in [3.05, 3.63) is 35.4 Å². The number of carbonyl (C=O) groups excluding carboxylic acids is 1. The van der Waals surface area contributed by atoms with E-state index in [1.54, 1.807) is 12.1 Å². The predicted molar refractivity (Wildman–Crippen MR) is 47.3 cm³/mol. The fourth-order valence-electron chi connectivity index (χ4n) is 1.33. The quantitative estimate of drug-likeness (QED) is 0.343. The van der Waals surface area contributed by atoms with Gasteiger partial charge in [-0.2, -0.15) is 8.42 Å². The third-order valence-corrected chi connectivity index (χ3v) is 2.81. The summed E-state index contributed by atoms with van der Waals surface area (Å²) in [6.45, 7) is 0. The molecule has 0 radical (unpaired) electrons. The van der Waals surface area contributed by atoms with Crippen LogP contribution in [-0.4, -0.2) is 18.9 Å². The van der Waals surface area contributed by atoms with Gasteiger partial charge < -0.3 is 6.16 Å². The summed E-state index contributed by atoms with van der Waals surface area (Å²) < 4.78 is 34.9. The molecular weight excluding hydrogens is 231 g/mol. The Bertz CT molecular complexity index is 501. The molecule has 1 unspecified atom stereocenters. The van der Waals surface area contributed by atoms with Gasteiger partial charge in [0.15, 0.2) is 0 Å². The number of esters is 1. The summed E-state index contributed by atoms with van der Waals surface area (Å²) in [6.07, 6.45) is 0. The molecule has 1 aliphatic rings. The predicted octanol–water partition coefficient (Wildman–Crippen LogP) is -2.14. The molecule has 1 aliphatic heterocycles. The Morgan fingerprint density at radius 3 is 2.53 bits per heavy atom. The van der Waals surface area contributed by atoms with Crippen LogP contribution < -0.4 is 29.6 Å². The van der Waals surface area contributed by atoms with E-state index in [-0.39, 0.29) is 42.1 Å². The maximum absolute atomic E-state index is 11.1. The Kier molecular flexibility index (Phi) is 3.57. The molecule has 1 aromatic rings. The third kappa shape index (κ3) is 2.24. The van der Waals surface area contributed by atoms with Crippen LogP contribution in [-0.2, 0) is 14.9 Å². The van der Waals surface area contributed by atoms with Crippen molar-refractivity contribution in [2.75, 3.05) is 0 Å². The van der Waals surface area contributed by atoms with E-state index in [1.807, 2.05) is 0 Å². The number of hydrogen-bond acceptors (Lipinski definition) is 4. The number of cyclic esters (lactones) is 1. The minimum Gasteiger partial charge on any atom is -1.00 e. The molecule has 76 valence electrons. The van der Waals surface area contributed by atoms with Crippen LogP contribution in [0, 0.1) is 0 Å². The normalized spacial score (nSPS) is 19.0. The maximum atomic E-state index is 11.1. The van der Waals surface area contributed by atoms with Crippen molar-refractivity contribution in [1.29, 1.82) is 0 Å². The Labute approximate surface area is 110 Å². The molecule has 0 spiro atoms. The average Bonchev–Trinajstić information content (AvgIpc) is 2.44. The van der Waals surface area contributed by atoms with Crippen LogP contribution in [0.4, 0.5) is 0 Å². The molecule has 15 heavy (non-hydrogen) atoms. The first-order valence-corrected chi connectivity index (χ1v) is 5.26. The van der Waals surface area contributed by atoms with E-state index in [0.29, 0.717) is 0 Å². The first-order valence-electron chi connectivity index (χ1n) is 3.76. The zero-order valence-corrected chi connectivity index (χ0v) is 10.7. The van der Waals surface area contributed by atoms with Gasteiger partial charge in [-0.3, -0.25) is 4.55 Å². The van der Waals surface area contributed by atoms with Gasteiger partial charge in [0.1, 0.15) is 0 Å². The number of benzene rings is 1. The fraction of sp³-hybridized carbons (Fsp3) is 0.125. The first kappa shape index (κ1) is 12.7. The van der Waals surface area contributed by atoms with Crippen LogP contribution in [0.25, 0.3) is 0 Å². The van der Waals surface area contributed by atoms with Crippen molar-refractivity contribution >= 4 is 16.1 Å². The summed E-state index contributed by atoms with van der Waals surface area (Å²) in [7, 11) is -4.39. The summed E-state index contributed by atoms with van der Waals surface area (Å²) in [5, 5.41) is 0. The van der Waals surface area contributed by atoms with Crippen LogP contribution in [0.15, 0.2) is 24.3 Å². The van der Waals surface area contributed by atoms with Crippen molar-refractivity contribution < 1.29 is 53.5 Å². The summed E-state index contributed by atoms with van der Waals surface area (Å²) in [6, 6.07) is 6.03. The van der Waals surface area contributed by atoms with E-state index in [1.165, 1.54) is 12.1 Å². The Balaban J connectivity index is 0.00000112. The monoisotopic (exact) mass is 238 g/mol. The Morgan fingerprint density at radius 1 is 1.33 bits per heavy atom. The maximum Gasteiger partial charge on any atom is 1.00 e. The van der Waals surface area contributed by atoms with Crippen LogP contribution in [0.2, 0.25) is 0 Å². The van der Waals surface area contributed by atoms with E-state index in [0.717, 1.165) is 0 Å². The van der Waals surface area contributed by atoms with Crippen molar-refractivity contribution in [3.8, 4) is 0 Å². The molecule has 0 aliphatic carbocycles. The molecule has 1 aromatic carbocycles. The number of rotatable bonds is 1. The number of carbonyl (C=O) groups is 1. The standard InChI is InChI=1S/C8H6O5S.Na.H/c9-7-5-3-1-2-4-6(5)8(13-7)14(10,11)12;;/h1-4,8H,(H,10,11,12);;/q;+1;-1. The van der Waals surface area contributed by atoms with Crippen LogP contribution >= 0.6 is 0 Å².